The summed E-state index contributed by atoms with van der Waals surface area (Å²) >= 11 is 0. The highest BCUT2D eigenvalue weighted by Crippen LogP contribution is 2.47. The quantitative estimate of drug-likeness (QED) is 0.903. The summed E-state index contributed by atoms with van der Waals surface area (Å²) in [7, 11) is 0. The molecule has 4 aliphatic heterocycles. The van der Waals surface area contributed by atoms with Crippen LogP contribution in [0.1, 0.15) is 35.7 Å². The minimum atomic E-state index is 0.381. The molecule has 4 aliphatic rings. The van der Waals surface area contributed by atoms with Crippen molar-refractivity contribution in [3.63, 3.8) is 0 Å². The fourth-order valence-electron chi connectivity index (χ4n) is 5.51. The van der Waals surface area contributed by atoms with Crippen molar-refractivity contribution in [2.75, 3.05) is 19.6 Å². The van der Waals surface area contributed by atoms with Crippen LogP contribution in [0, 0.1) is 12.8 Å². The van der Waals surface area contributed by atoms with E-state index in [9.17, 15) is 5.11 Å². The van der Waals surface area contributed by atoms with Gasteiger partial charge in [0.05, 0.1) is 12.0 Å². The molecule has 0 amide bonds. The average Bonchev–Trinajstić information content (AvgIpc) is 3.22. The van der Waals surface area contributed by atoms with Gasteiger partial charge in [-0.15, -0.1) is 0 Å². The molecule has 0 aliphatic carbocycles. The van der Waals surface area contributed by atoms with Crippen molar-refractivity contribution in [2.24, 2.45) is 5.92 Å². The van der Waals surface area contributed by atoms with Crippen molar-refractivity contribution in [1.29, 1.82) is 0 Å². The fraction of sp³-hybridized carbons (Fsp3) is 0.550. The van der Waals surface area contributed by atoms with E-state index >= 15 is 0 Å². The van der Waals surface area contributed by atoms with Crippen molar-refractivity contribution >= 4 is 0 Å². The Morgan fingerprint density at radius 3 is 2.80 bits per heavy atom. The third kappa shape index (κ3) is 2.49. The van der Waals surface area contributed by atoms with Crippen molar-refractivity contribution in [1.82, 2.24) is 19.8 Å². The summed E-state index contributed by atoms with van der Waals surface area (Å²) in [6.45, 7) is 6.56. The lowest BCUT2D eigenvalue weighted by molar-refractivity contribution is -0.00900. The largest absolute Gasteiger partial charge is 0.508 e. The van der Waals surface area contributed by atoms with Crippen LogP contribution in [-0.2, 0) is 6.54 Å². The lowest BCUT2D eigenvalue weighted by Gasteiger charge is -2.51. The van der Waals surface area contributed by atoms with E-state index in [0.29, 0.717) is 23.8 Å². The van der Waals surface area contributed by atoms with Gasteiger partial charge in [-0.3, -0.25) is 9.80 Å². The van der Waals surface area contributed by atoms with Crippen LogP contribution in [0.2, 0.25) is 0 Å². The van der Waals surface area contributed by atoms with Crippen LogP contribution in [0.4, 0.5) is 0 Å². The summed E-state index contributed by atoms with van der Waals surface area (Å²) in [5, 5.41) is 9.97. The maximum absolute atomic E-state index is 9.97. The van der Waals surface area contributed by atoms with Crippen LogP contribution in [0.3, 0.4) is 0 Å². The molecule has 0 saturated carbocycles. The van der Waals surface area contributed by atoms with E-state index in [-0.39, 0.29) is 0 Å². The number of imidazole rings is 1. The maximum Gasteiger partial charge on any atom is 0.115 e. The van der Waals surface area contributed by atoms with Crippen LogP contribution in [-0.4, -0.2) is 56.6 Å². The summed E-state index contributed by atoms with van der Waals surface area (Å²) in [5.74, 6) is 1.66. The Morgan fingerprint density at radius 2 is 2.08 bits per heavy atom. The number of aromatic amines is 1. The summed E-state index contributed by atoms with van der Waals surface area (Å²) in [6, 6.07) is 9.10. The van der Waals surface area contributed by atoms with Crippen LogP contribution < -0.4 is 0 Å². The first-order valence-electron chi connectivity index (χ1n) is 9.46. The molecule has 2 bridgehead atoms. The van der Waals surface area contributed by atoms with Crippen LogP contribution in [0.25, 0.3) is 0 Å². The number of aromatic hydroxyl groups is 1. The highest BCUT2D eigenvalue weighted by Gasteiger charge is 2.53. The molecule has 2 N–H and O–H groups in total. The first-order chi connectivity index (χ1) is 12.2. The second-order valence-electron chi connectivity index (χ2n) is 7.96. The van der Waals surface area contributed by atoms with Gasteiger partial charge in [-0.05, 0) is 56.5 Å². The number of hydrogen-bond donors (Lipinski definition) is 2. The molecule has 25 heavy (non-hydrogen) atoms. The van der Waals surface area contributed by atoms with Gasteiger partial charge in [-0.1, -0.05) is 12.1 Å². The minimum Gasteiger partial charge on any atom is -0.508 e. The second-order valence-corrected chi connectivity index (χ2v) is 7.96. The van der Waals surface area contributed by atoms with E-state index in [1.54, 1.807) is 6.07 Å². The summed E-state index contributed by atoms with van der Waals surface area (Å²) < 4.78 is 0. The number of nitrogens with zero attached hydrogens (tertiary/aromatic N) is 3. The number of phenolic OH excluding ortho intramolecular Hbond substituents is 1. The smallest absolute Gasteiger partial charge is 0.115 e. The number of rotatable bonds is 3. The lowest BCUT2D eigenvalue weighted by atomic mass is 9.75. The third-order valence-electron chi connectivity index (χ3n) is 6.68. The Labute approximate surface area is 148 Å². The maximum atomic E-state index is 9.97. The first kappa shape index (κ1) is 15.4. The van der Waals surface area contributed by atoms with Gasteiger partial charge in [-0.25, -0.2) is 4.98 Å². The Kier molecular flexibility index (Phi) is 3.61. The van der Waals surface area contributed by atoms with E-state index in [4.69, 9.17) is 0 Å². The van der Waals surface area contributed by atoms with Gasteiger partial charge in [0.2, 0.25) is 0 Å². The van der Waals surface area contributed by atoms with Crippen molar-refractivity contribution in [2.45, 2.75) is 44.3 Å². The Bertz CT molecular complexity index is 765. The Morgan fingerprint density at radius 1 is 1.24 bits per heavy atom. The van der Waals surface area contributed by atoms with Gasteiger partial charge in [0.1, 0.15) is 5.75 Å². The first-order valence-corrected chi connectivity index (χ1v) is 9.46. The van der Waals surface area contributed by atoms with Gasteiger partial charge < -0.3 is 10.1 Å². The molecule has 5 heteroatoms. The van der Waals surface area contributed by atoms with Gasteiger partial charge in [-0.2, -0.15) is 0 Å². The minimum absolute atomic E-state index is 0.381. The number of H-pyrrole nitrogens is 1. The molecular weight excluding hydrogens is 312 g/mol. The topological polar surface area (TPSA) is 55.4 Å². The summed E-state index contributed by atoms with van der Waals surface area (Å²) in [4.78, 5) is 13.1. The van der Waals surface area contributed by atoms with Gasteiger partial charge in [0.25, 0.3) is 0 Å². The van der Waals surface area contributed by atoms with Crippen molar-refractivity contribution in [3.05, 3.63) is 47.5 Å². The molecule has 5 heterocycles. The number of benzene rings is 1. The molecule has 0 spiro atoms. The predicted octanol–water partition coefficient (Wildman–Crippen LogP) is 2.49. The Balaban J connectivity index is 1.50. The number of fused-ring (bicyclic) bond motifs is 2. The molecule has 6 rings (SSSR count). The third-order valence-corrected chi connectivity index (χ3v) is 6.68. The molecule has 3 atom stereocenters. The van der Waals surface area contributed by atoms with E-state index in [1.807, 2.05) is 18.5 Å². The second kappa shape index (κ2) is 5.85. The zero-order chi connectivity index (χ0) is 17.0. The molecule has 5 nitrogen and oxygen atoms in total. The van der Waals surface area contributed by atoms with E-state index < -0.39 is 0 Å². The van der Waals surface area contributed by atoms with E-state index in [0.717, 1.165) is 19.0 Å². The zero-order valence-corrected chi connectivity index (χ0v) is 14.7. The van der Waals surface area contributed by atoms with Crippen molar-refractivity contribution < 1.29 is 5.11 Å². The molecule has 1 aromatic carbocycles. The fourth-order valence-corrected chi connectivity index (χ4v) is 5.51. The average molecular weight is 338 g/mol. The predicted molar refractivity (Wildman–Crippen MR) is 96.5 cm³/mol. The molecule has 0 radical (unpaired) electrons. The number of piperidine rings is 3. The van der Waals surface area contributed by atoms with Gasteiger partial charge >= 0.3 is 0 Å². The summed E-state index contributed by atoms with van der Waals surface area (Å²) in [6.07, 6.45) is 4.45. The standard InChI is InChI=1S/C20H26N4O/c1-13-18(22-12-21-13)11-24-10-17(15-3-2-4-16(25)9-15)20-19(24)14-5-7-23(20)8-6-14/h2-4,9,12,14,17,19-20,25H,5-8,10-11H2,1H3,(H,21,22)/t17-,19+,20+/m1/s1. The SMILES string of the molecule is Cc1[nH]cnc1CN1C[C@H](c2cccc(O)c2)[C@H]2[C@@H]1C1CCN2CC1. The molecule has 0 unspecified atom stereocenters. The molecule has 4 saturated heterocycles. The lowest BCUT2D eigenvalue weighted by Crippen LogP contribution is -2.60. The van der Waals surface area contributed by atoms with Gasteiger partial charge in [0, 0.05) is 36.8 Å². The zero-order valence-electron chi connectivity index (χ0n) is 14.7. The van der Waals surface area contributed by atoms with Gasteiger partial charge in [0.15, 0.2) is 0 Å². The highest BCUT2D eigenvalue weighted by molar-refractivity contribution is 5.33. The van der Waals surface area contributed by atoms with Crippen LogP contribution in [0.15, 0.2) is 30.6 Å². The monoisotopic (exact) mass is 338 g/mol. The van der Waals surface area contributed by atoms with Crippen LogP contribution >= 0.6 is 0 Å². The summed E-state index contributed by atoms with van der Waals surface area (Å²) in [5.41, 5.74) is 3.63. The number of hydrogen-bond acceptors (Lipinski definition) is 4. The van der Waals surface area contributed by atoms with E-state index in [2.05, 4.69) is 32.8 Å². The number of phenols is 1. The highest BCUT2D eigenvalue weighted by atomic mass is 16.3. The Hall–Kier alpha value is -1.85. The number of likely N-dealkylation sites (tertiary alicyclic amines) is 1. The molecular formula is C20H26N4O. The van der Waals surface area contributed by atoms with E-state index in [1.165, 1.54) is 42.9 Å². The number of aryl methyl sites for hydroxylation is 1. The molecule has 2 aromatic rings. The van der Waals surface area contributed by atoms with Crippen LogP contribution in [0.5, 0.6) is 5.75 Å². The number of aromatic nitrogens is 2. The molecule has 1 aromatic heterocycles. The van der Waals surface area contributed by atoms with Crippen molar-refractivity contribution in [3.8, 4) is 5.75 Å². The molecule has 4 fully saturated rings. The normalized spacial score (nSPS) is 34.4. The number of nitrogens with one attached hydrogen (secondary N) is 1. The molecule has 132 valence electrons.